The number of amides is 1. The second-order valence-corrected chi connectivity index (χ2v) is 5.10. The zero-order chi connectivity index (χ0) is 14.6. The first kappa shape index (κ1) is 15.5. The van der Waals surface area contributed by atoms with E-state index in [1.54, 1.807) is 19.1 Å². The fourth-order valence-electron chi connectivity index (χ4n) is 2.00. The lowest BCUT2D eigenvalue weighted by Gasteiger charge is -2.21. The molecule has 0 spiro atoms. The number of hydrogen-bond donors (Lipinski definition) is 1. The van der Waals surface area contributed by atoms with Gasteiger partial charge in [-0.25, -0.2) is 0 Å². The van der Waals surface area contributed by atoms with E-state index in [-0.39, 0.29) is 5.91 Å². The van der Waals surface area contributed by atoms with Crippen molar-refractivity contribution in [1.82, 2.24) is 5.32 Å². The van der Waals surface area contributed by atoms with Gasteiger partial charge in [-0.05, 0) is 37.1 Å². The van der Waals surface area contributed by atoms with E-state index in [9.17, 15) is 4.79 Å². The number of nitrogens with one attached hydrogen (secondary N) is 1. The fraction of sp³-hybridized carbons (Fsp3) is 0.533. The van der Waals surface area contributed by atoms with Crippen LogP contribution in [0.4, 0.5) is 5.69 Å². The molecule has 0 heterocycles. The Kier molecular flexibility index (Phi) is 5.36. The van der Waals surface area contributed by atoms with E-state index in [0.29, 0.717) is 12.6 Å². The van der Waals surface area contributed by atoms with E-state index >= 15 is 0 Å². The molecule has 0 saturated heterocycles. The Bertz CT molecular complexity index is 432. The van der Waals surface area contributed by atoms with Crippen molar-refractivity contribution in [1.29, 1.82) is 0 Å². The van der Waals surface area contributed by atoms with Gasteiger partial charge >= 0.3 is 0 Å². The van der Waals surface area contributed by atoms with Gasteiger partial charge in [0.25, 0.3) is 0 Å². The molecule has 0 bridgehead atoms. The molecule has 0 aromatic heterocycles. The summed E-state index contributed by atoms with van der Waals surface area (Å²) < 4.78 is 5.33. The summed E-state index contributed by atoms with van der Waals surface area (Å²) in [5, 5.41) is 3.13. The molecule has 0 unspecified atom stereocenters. The molecule has 19 heavy (non-hydrogen) atoms. The molecule has 1 amide bonds. The van der Waals surface area contributed by atoms with Gasteiger partial charge in [0.15, 0.2) is 0 Å². The molecule has 1 N–H and O–H groups in total. The van der Waals surface area contributed by atoms with Crippen LogP contribution in [0.3, 0.4) is 0 Å². The highest BCUT2D eigenvalue weighted by Crippen LogP contribution is 2.28. The number of nitrogens with zero attached hydrogens (tertiary/aromatic N) is 1. The first-order chi connectivity index (χ1) is 8.86. The topological polar surface area (TPSA) is 41.6 Å². The standard InChI is InChI=1S/C15H24N2O2/c1-10(2)16-9-14(18)17(5)13-7-11(3)15(19-6)12(4)8-13/h7-8,10,16H,9H2,1-6H3. The monoisotopic (exact) mass is 264 g/mol. The molecule has 0 aliphatic rings. The number of methoxy groups -OCH3 is 1. The average Bonchev–Trinajstić information content (AvgIpc) is 2.34. The highest BCUT2D eigenvalue weighted by molar-refractivity contribution is 5.94. The molecule has 0 aliphatic carbocycles. The third-order valence-corrected chi connectivity index (χ3v) is 3.07. The number of rotatable bonds is 5. The van der Waals surface area contributed by atoms with E-state index in [0.717, 1.165) is 22.6 Å². The van der Waals surface area contributed by atoms with E-state index < -0.39 is 0 Å². The number of anilines is 1. The molecule has 0 radical (unpaired) electrons. The zero-order valence-corrected chi connectivity index (χ0v) is 12.7. The minimum absolute atomic E-state index is 0.0534. The molecular weight excluding hydrogens is 240 g/mol. The second-order valence-electron chi connectivity index (χ2n) is 5.10. The van der Waals surface area contributed by atoms with Crippen LogP contribution in [0, 0.1) is 13.8 Å². The van der Waals surface area contributed by atoms with Crippen LogP contribution in [-0.4, -0.2) is 32.7 Å². The Morgan fingerprint density at radius 2 is 1.84 bits per heavy atom. The van der Waals surface area contributed by atoms with Gasteiger partial charge in [0.05, 0.1) is 13.7 Å². The van der Waals surface area contributed by atoms with Gasteiger partial charge in [-0.1, -0.05) is 13.8 Å². The van der Waals surface area contributed by atoms with Gasteiger partial charge in [-0.3, -0.25) is 4.79 Å². The number of hydrogen-bond acceptors (Lipinski definition) is 3. The van der Waals surface area contributed by atoms with Crippen LogP contribution < -0.4 is 15.0 Å². The molecule has 0 fully saturated rings. The largest absolute Gasteiger partial charge is 0.496 e. The van der Waals surface area contributed by atoms with Crippen molar-refractivity contribution in [3.05, 3.63) is 23.3 Å². The lowest BCUT2D eigenvalue weighted by molar-refractivity contribution is -0.117. The summed E-state index contributed by atoms with van der Waals surface area (Å²) in [6, 6.07) is 4.25. The summed E-state index contributed by atoms with van der Waals surface area (Å²) in [6.45, 7) is 8.36. The molecule has 1 aromatic carbocycles. The first-order valence-electron chi connectivity index (χ1n) is 6.52. The van der Waals surface area contributed by atoms with Crippen molar-refractivity contribution in [3.63, 3.8) is 0 Å². The van der Waals surface area contributed by atoms with Crippen LogP contribution in [0.5, 0.6) is 5.75 Å². The van der Waals surface area contributed by atoms with Gasteiger partial charge in [0.2, 0.25) is 5.91 Å². The van der Waals surface area contributed by atoms with E-state index in [4.69, 9.17) is 4.74 Å². The van der Waals surface area contributed by atoms with Crippen molar-refractivity contribution in [2.75, 3.05) is 25.6 Å². The summed E-state index contributed by atoms with van der Waals surface area (Å²) >= 11 is 0. The van der Waals surface area contributed by atoms with Gasteiger partial charge in [0, 0.05) is 18.8 Å². The quantitative estimate of drug-likeness (QED) is 0.887. The molecule has 0 saturated carbocycles. The molecule has 4 nitrogen and oxygen atoms in total. The van der Waals surface area contributed by atoms with Crippen LogP contribution in [0.15, 0.2) is 12.1 Å². The fourth-order valence-corrected chi connectivity index (χ4v) is 2.00. The average molecular weight is 264 g/mol. The smallest absolute Gasteiger partial charge is 0.240 e. The maximum Gasteiger partial charge on any atom is 0.240 e. The number of carbonyl (C=O) groups is 1. The minimum atomic E-state index is 0.0534. The maximum absolute atomic E-state index is 12.1. The van der Waals surface area contributed by atoms with Crippen molar-refractivity contribution in [3.8, 4) is 5.75 Å². The molecule has 1 aromatic rings. The molecule has 0 aliphatic heterocycles. The van der Waals surface area contributed by atoms with E-state index in [2.05, 4.69) is 5.32 Å². The first-order valence-corrected chi connectivity index (χ1v) is 6.52. The number of benzene rings is 1. The van der Waals surface area contributed by atoms with Crippen molar-refractivity contribution in [2.24, 2.45) is 0 Å². The lowest BCUT2D eigenvalue weighted by Crippen LogP contribution is -2.38. The summed E-state index contributed by atoms with van der Waals surface area (Å²) in [4.78, 5) is 13.7. The van der Waals surface area contributed by atoms with Crippen LogP contribution >= 0.6 is 0 Å². The van der Waals surface area contributed by atoms with Crippen molar-refractivity contribution < 1.29 is 9.53 Å². The Morgan fingerprint density at radius 3 is 2.26 bits per heavy atom. The zero-order valence-electron chi connectivity index (χ0n) is 12.7. The molecule has 4 heteroatoms. The predicted molar refractivity (Wildman–Crippen MR) is 79.0 cm³/mol. The summed E-state index contributed by atoms with van der Waals surface area (Å²) in [7, 11) is 3.46. The van der Waals surface area contributed by atoms with Gasteiger partial charge in [-0.2, -0.15) is 0 Å². The van der Waals surface area contributed by atoms with Crippen LogP contribution in [-0.2, 0) is 4.79 Å². The highest BCUT2D eigenvalue weighted by Gasteiger charge is 2.14. The maximum atomic E-state index is 12.1. The van der Waals surface area contributed by atoms with Crippen molar-refractivity contribution in [2.45, 2.75) is 33.7 Å². The third-order valence-electron chi connectivity index (χ3n) is 3.07. The predicted octanol–water partition coefficient (Wildman–Crippen LogP) is 2.27. The van der Waals surface area contributed by atoms with E-state index in [1.807, 2.05) is 39.8 Å². The van der Waals surface area contributed by atoms with Crippen molar-refractivity contribution >= 4 is 11.6 Å². The van der Waals surface area contributed by atoms with E-state index in [1.165, 1.54) is 0 Å². The number of carbonyl (C=O) groups excluding carboxylic acids is 1. The summed E-state index contributed by atoms with van der Waals surface area (Å²) in [5.74, 6) is 0.933. The molecular formula is C15H24N2O2. The van der Waals surface area contributed by atoms with Crippen LogP contribution in [0.1, 0.15) is 25.0 Å². The summed E-state index contributed by atoms with van der Waals surface area (Å²) in [5.41, 5.74) is 2.97. The lowest BCUT2D eigenvalue weighted by atomic mass is 10.1. The molecule has 106 valence electrons. The summed E-state index contributed by atoms with van der Waals surface area (Å²) in [6.07, 6.45) is 0. The second kappa shape index (κ2) is 6.57. The SMILES string of the molecule is COc1c(C)cc(N(C)C(=O)CNC(C)C)cc1C. The Morgan fingerprint density at radius 1 is 1.32 bits per heavy atom. The third kappa shape index (κ3) is 3.96. The number of likely N-dealkylation sites (N-methyl/N-ethyl adjacent to an activating group) is 1. The minimum Gasteiger partial charge on any atom is -0.496 e. The van der Waals surface area contributed by atoms with Gasteiger partial charge in [0.1, 0.15) is 5.75 Å². The highest BCUT2D eigenvalue weighted by atomic mass is 16.5. The number of ether oxygens (including phenoxy) is 1. The molecule has 1 rings (SSSR count). The normalized spacial score (nSPS) is 10.7. The van der Waals surface area contributed by atoms with Gasteiger partial charge in [-0.15, -0.1) is 0 Å². The number of aryl methyl sites for hydroxylation is 2. The molecule has 0 atom stereocenters. The van der Waals surface area contributed by atoms with Gasteiger partial charge < -0.3 is 15.0 Å². The Hall–Kier alpha value is -1.55. The Labute approximate surface area is 115 Å². The van der Waals surface area contributed by atoms with Crippen LogP contribution in [0.2, 0.25) is 0 Å². The van der Waals surface area contributed by atoms with Crippen LogP contribution in [0.25, 0.3) is 0 Å². The Balaban J connectivity index is 2.88.